The number of rotatable bonds is 7. The first kappa shape index (κ1) is 19.1. The topological polar surface area (TPSA) is 100 Å². The zero-order chi connectivity index (χ0) is 18.4. The predicted molar refractivity (Wildman–Crippen MR) is 97.3 cm³/mol. The number of halogens is 1. The van der Waals surface area contributed by atoms with E-state index in [0.29, 0.717) is 11.7 Å². The first-order chi connectivity index (χ1) is 11.8. The van der Waals surface area contributed by atoms with Gasteiger partial charge in [-0.25, -0.2) is 4.98 Å². The fourth-order valence-electron chi connectivity index (χ4n) is 1.98. The fourth-order valence-corrected chi connectivity index (χ4v) is 2.21. The number of nitrogens with one attached hydrogen (secondary N) is 2. The summed E-state index contributed by atoms with van der Waals surface area (Å²) in [4.78, 5) is 29.6. The summed E-state index contributed by atoms with van der Waals surface area (Å²) in [6, 6.07) is 5.15. The summed E-state index contributed by atoms with van der Waals surface area (Å²) in [5, 5.41) is 9.16. The highest BCUT2D eigenvalue weighted by atomic mass is 79.9. The van der Waals surface area contributed by atoms with Crippen LogP contribution in [0.25, 0.3) is 0 Å². The Hall–Kier alpha value is -2.26. The first-order valence-corrected chi connectivity index (χ1v) is 8.49. The van der Waals surface area contributed by atoms with E-state index in [9.17, 15) is 9.59 Å². The average molecular weight is 410 g/mol. The summed E-state index contributed by atoms with van der Waals surface area (Å²) in [6.07, 6.45) is 1.59. The monoisotopic (exact) mass is 409 g/mol. The number of amides is 2. The summed E-state index contributed by atoms with van der Waals surface area (Å²) in [6.45, 7) is 4.06. The number of nitrogens with zero attached hydrogens (tertiary/aromatic N) is 3. The molecule has 0 fully saturated rings. The molecule has 134 valence electrons. The van der Waals surface area contributed by atoms with Crippen molar-refractivity contribution in [3.05, 3.63) is 34.6 Å². The van der Waals surface area contributed by atoms with Crippen LogP contribution in [0.4, 0.5) is 11.7 Å². The molecule has 2 aromatic heterocycles. The van der Waals surface area contributed by atoms with Crippen LogP contribution in [-0.2, 0) is 9.59 Å². The maximum absolute atomic E-state index is 12.0. The Bertz CT molecular complexity index is 730. The minimum atomic E-state index is -0.288. The van der Waals surface area contributed by atoms with E-state index in [-0.39, 0.29) is 30.8 Å². The Morgan fingerprint density at radius 1 is 1.24 bits per heavy atom. The number of hydrogen-bond donors (Lipinski definition) is 2. The summed E-state index contributed by atoms with van der Waals surface area (Å²) in [7, 11) is 1.67. The van der Waals surface area contributed by atoms with Crippen molar-refractivity contribution in [2.45, 2.75) is 19.8 Å². The molecule has 2 amide bonds. The van der Waals surface area contributed by atoms with Crippen LogP contribution in [0.2, 0.25) is 0 Å². The molecule has 0 saturated carbocycles. The molecule has 0 aliphatic rings. The molecule has 0 spiro atoms. The molecule has 2 rings (SSSR count). The number of likely N-dealkylation sites (N-methyl/N-ethyl adjacent to an activating group) is 1. The van der Waals surface area contributed by atoms with Crippen LogP contribution in [0.5, 0.6) is 0 Å². The third-order valence-electron chi connectivity index (χ3n) is 3.20. The molecule has 0 bridgehead atoms. The van der Waals surface area contributed by atoms with Crippen LogP contribution in [0.15, 0.2) is 33.4 Å². The van der Waals surface area contributed by atoms with Gasteiger partial charge in [0.05, 0.1) is 18.8 Å². The van der Waals surface area contributed by atoms with Gasteiger partial charge in [-0.2, -0.15) is 0 Å². The maximum atomic E-state index is 12.0. The Labute approximate surface area is 154 Å². The van der Waals surface area contributed by atoms with Gasteiger partial charge in [-0.15, -0.1) is 0 Å². The molecule has 8 nitrogen and oxygen atoms in total. The zero-order valence-corrected chi connectivity index (χ0v) is 15.8. The molecule has 0 aliphatic heterocycles. The van der Waals surface area contributed by atoms with Gasteiger partial charge in [0.15, 0.2) is 0 Å². The molecular formula is C16H20BrN5O3. The quantitative estimate of drug-likeness (QED) is 0.728. The summed E-state index contributed by atoms with van der Waals surface area (Å²) < 4.78 is 5.88. The highest BCUT2D eigenvalue weighted by Crippen LogP contribution is 2.17. The van der Waals surface area contributed by atoms with Gasteiger partial charge in [0.25, 0.3) is 0 Å². The van der Waals surface area contributed by atoms with E-state index in [1.54, 1.807) is 36.3 Å². The summed E-state index contributed by atoms with van der Waals surface area (Å²) in [5.41, 5.74) is 0.769. The molecule has 9 heteroatoms. The molecule has 0 radical (unpaired) electrons. The molecule has 0 unspecified atom stereocenters. The van der Waals surface area contributed by atoms with Crippen molar-refractivity contribution in [2.75, 3.05) is 30.8 Å². The fraction of sp³-hybridized carbons (Fsp3) is 0.375. The van der Waals surface area contributed by atoms with Crippen molar-refractivity contribution >= 4 is 39.4 Å². The number of aromatic nitrogens is 2. The summed E-state index contributed by atoms with van der Waals surface area (Å²) in [5.74, 6) is 0.419. The molecule has 2 N–H and O–H groups in total. The second-order valence-corrected chi connectivity index (χ2v) is 6.82. The Kier molecular flexibility index (Phi) is 6.65. The van der Waals surface area contributed by atoms with Crippen molar-refractivity contribution in [2.24, 2.45) is 0 Å². The lowest BCUT2D eigenvalue weighted by molar-refractivity contribution is -0.119. The van der Waals surface area contributed by atoms with Gasteiger partial charge >= 0.3 is 0 Å². The van der Waals surface area contributed by atoms with E-state index >= 15 is 0 Å². The Morgan fingerprint density at radius 2 is 1.92 bits per heavy atom. The number of carbonyl (C=O) groups excluding carboxylic acids is 2. The van der Waals surface area contributed by atoms with Crippen LogP contribution in [0.1, 0.15) is 25.5 Å². The molecule has 2 aromatic rings. The molecule has 25 heavy (non-hydrogen) atoms. The summed E-state index contributed by atoms with van der Waals surface area (Å²) >= 11 is 3.28. The van der Waals surface area contributed by atoms with Gasteiger partial charge in [-0.1, -0.05) is 19.0 Å². The Balaban J connectivity index is 1.78. The molecule has 0 aromatic carbocycles. The van der Waals surface area contributed by atoms with E-state index in [2.05, 4.69) is 36.7 Å². The van der Waals surface area contributed by atoms with Gasteiger partial charge in [-0.3, -0.25) is 19.8 Å². The van der Waals surface area contributed by atoms with E-state index < -0.39 is 0 Å². The van der Waals surface area contributed by atoms with Crippen molar-refractivity contribution in [3.8, 4) is 0 Å². The zero-order valence-electron chi connectivity index (χ0n) is 14.2. The normalized spacial score (nSPS) is 11.0. The van der Waals surface area contributed by atoms with Gasteiger partial charge < -0.3 is 9.84 Å². The van der Waals surface area contributed by atoms with E-state index in [4.69, 9.17) is 4.52 Å². The predicted octanol–water partition coefficient (Wildman–Crippen LogP) is 2.46. The van der Waals surface area contributed by atoms with Crippen molar-refractivity contribution in [3.63, 3.8) is 0 Å². The molecule has 2 heterocycles. The highest BCUT2D eigenvalue weighted by molar-refractivity contribution is 9.10. The van der Waals surface area contributed by atoms with Crippen LogP contribution >= 0.6 is 15.9 Å². The van der Waals surface area contributed by atoms with Crippen molar-refractivity contribution in [1.29, 1.82) is 0 Å². The van der Waals surface area contributed by atoms with Gasteiger partial charge in [0, 0.05) is 16.7 Å². The van der Waals surface area contributed by atoms with E-state index in [1.807, 2.05) is 13.8 Å². The van der Waals surface area contributed by atoms with Crippen LogP contribution in [0, 0.1) is 0 Å². The van der Waals surface area contributed by atoms with E-state index in [0.717, 1.165) is 10.2 Å². The average Bonchev–Trinajstić information content (AvgIpc) is 2.97. The lowest BCUT2D eigenvalue weighted by Crippen LogP contribution is -2.36. The number of pyridine rings is 1. The standard InChI is InChI=1S/C16H20BrN5O3/c1-10(2)12-6-16(25-21-12)20-15(24)9-22(3)8-14(23)19-13-5-4-11(17)7-18-13/h4-7,10H,8-9H2,1-3H3,(H,20,24)(H,18,19,23). The third-order valence-corrected chi connectivity index (χ3v) is 3.67. The third kappa shape index (κ3) is 6.28. The maximum Gasteiger partial charge on any atom is 0.240 e. The Morgan fingerprint density at radius 3 is 2.48 bits per heavy atom. The lowest BCUT2D eigenvalue weighted by Gasteiger charge is -2.15. The van der Waals surface area contributed by atoms with Crippen LogP contribution in [0.3, 0.4) is 0 Å². The van der Waals surface area contributed by atoms with E-state index in [1.165, 1.54) is 0 Å². The largest absolute Gasteiger partial charge is 0.338 e. The van der Waals surface area contributed by atoms with Crippen LogP contribution < -0.4 is 10.6 Å². The number of carbonyl (C=O) groups is 2. The van der Waals surface area contributed by atoms with Crippen LogP contribution in [-0.4, -0.2) is 47.0 Å². The molecule has 0 aliphatic carbocycles. The minimum Gasteiger partial charge on any atom is -0.338 e. The van der Waals surface area contributed by atoms with Gasteiger partial charge in [0.1, 0.15) is 5.82 Å². The number of hydrogen-bond acceptors (Lipinski definition) is 6. The van der Waals surface area contributed by atoms with Crippen molar-refractivity contribution < 1.29 is 14.1 Å². The second kappa shape index (κ2) is 8.72. The SMILES string of the molecule is CC(C)c1cc(NC(=O)CN(C)CC(=O)Nc2ccc(Br)cn2)on1. The lowest BCUT2D eigenvalue weighted by atomic mass is 10.1. The smallest absolute Gasteiger partial charge is 0.240 e. The molecule has 0 atom stereocenters. The van der Waals surface area contributed by atoms with Gasteiger partial charge in [0.2, 0.25) is 17.7 Å². The van der Waals surface area contributed by atoms with Gasteiger partial charge in [-0.05, 0) is 41.0 Å². The molecule has 0 saturated heterocycles. The van der Waals surface area contributed by atoms with Crippen molar-refractivity contribution in [1.82, 2.24) is 15.0 Å². The second-order valence-electron chi connectivity index (χ2n) is 5.90. The molecular weight excluding hydrogens is 390 g/mol. The number of anilines is 2. The minimum absolute atomic E-state index is 0.0406. The first-order valence-electron chi connectivity index (χ1n) is 7.70. The highest BCUT2D eigenvalue weighted by Gasteiger charge is 2.14.